The summed E-state index contributed by atoms with van der Waals surface area (Å²) < 4.78 is 4.92. The molecule has 0 fully saturated rings. The third-order valence-electron chi connectivity index (χ3n) is 2.58. The van der Waals surface area contributed by atoms with Crippen molar-refractivity contribution < 1.29 is 9.32 Å². The lowest BCUT2D eigenvalue weighted by atomic mass is 9.90. The van der Waals surface area contributed by atoms with Gasteiger partial charge in [-0.25, -0.2) is 0 Å². The second kappa shape index (κ2) is 6.75. The van der Waals surface area contributed by atoms with Crippen LogP contribution in [0.1, 0.15) is 43.4 Å². The Bertz CT molecular complexity index is 392. The normalized spacial score (nSPS) is 13.9. The fourth-order valence-electron chi connectivity index (χ4n) is 1.89. The van der Waals surface area contributed by atoms with Gasteiger partial charge in [0.1, 0.15) is 0 Å². The molecule has 1 rings (SSSR count). The van der Waals surface area contributed by atoms with E-state index in [1.54, 1.807) is 13.0 Å². The Balaban J connectivity index is 0.00000289. The highest BCUT2D eigenvalue weighted by molar-refractivity contribution is 5.91. The standard InChI is InChI=1S/C12H21N3O2.ClH/c1-8(2)6-12(4,7-13)14-11(16)10-5-9(3)15-17-10;/h5,8H,6-7,13H2,1-4H3,(H,14,16);1H. The molecule has 1 heterocycles. The quantitative estimate of drug-likeness (QED) is 0.860. The van der Waals surface area contributed by atoms with Crippen molar-refractivity contribution in [2.45, 2.75) is 39.7 Å². The van der Waals surface area contributed by atoms with E-state index in [2.05, 4.69) is 24.3 Å². The van der Waals surface area contributed by atoms with Crippen molar-refractivity contribution >= 4 is 18.3 Å². The molecule has 0 aliphatic carbocycles. The van der Waals surface area contributed by atoms with Gasteiger partial charge in [0, 0.05) is 12.6 Å². The van der Waals surface area contributed by atoms with Gasteiger partial charge in [0.15, 0.2) is 0 Å². The van der Waals surface area contributed by atoms with E-state index >= 15 is 0 Å². The molecule has 0 spiro atoms. The van der Waals surface area contributed by atoms with Crippen molar-refractivity contribution in [3.05, 3.63) is 17.5 Å². The molecule has 1 unspecified atom stereocenters. The van der Waals surface area contributed by atoms with Gasteiger partial charge in [-0.2, -0.15) is 0 Å². The van der Waals surface area contributed by atoms with Gasteiger partial charge < -0.3 is 15.6 Å². The Labute approximate surface area is 114 Å². The molecule has 0 radical (unpaired) electrons. The van der Waals surface area contributed by atoms with Crippen molar-refractivity contribution in [1.82, 2.24) is 10.5 Å². The van der Waals surface area contributed by atoms with Crippen LogP contribution in [-0.4, -0.2) is 23.1 Å². The molecule has 0 saturated carbocycles. The lowest BCUT2D eigenvalue weighted by Gasteiger charge is -2.30. The molecule has 0 saturated heterocycles. The number of hydrogen-bond donors (Lipinski definition) is 2. The Kier molecular flexibility index (Phi) is 6.35. The molecule has 104 valence electrons. The van der Waals surface area contributed by atoms with Gasteiger partial charge >= 0.3 is 0 Å². The van der Waals surface area contributed by atoms with E-state index in [4.69, 9.17) is 10.3 Å². The molecular weight excluding hydrogens is 254 g/mol. The van der Waals surface area contributed by atoms with Gasteiger partial charge in [0.2, 0.25) is 5.76 Å². The second-order valence-electron chi connectivity index (χ2n) is 5.15. The van der Waals surface area contributed by atoms with Crippen LogP contribution in [-0.2, 0) is 0 Å². The number of carbonyl (C=O) groups is 1. The highest BCUT2D eigenvalue weighted by atomic mass is 35.5. The van der Waals surface area contributed by atoms with Gasteiger partial charge in [-0.1, -0.05) is 19.0 Å². The number of nitrogens with two attached hydrogens (primary N) is 1. The summed E-state index contributed by atoms with van der Waals surface area (Å²) in [5.74, 6) is 0.422. The molecule has 1 atom stereocenters. The van der Waals surface area contributed by atoms with Gasteiger partial charge in [-0.3, -0.25) is 4.79 Å². The summed E-state index contributed by atoms with van der Waals surface area (Å²) in [6.45, 7) is 8.30. The van der Waals surface area contributed by atoms with Crippen LogP contribution in [0.15, 0.2) is 10.6 Å². The number of aromatic nitrogens is 1. The Hall–Kier alpha value is -1.07. The molecule has 1 amide bonds. The number of hydrogen-bond acceptors (Lipinski definition) is 4. The minimum atomic E-state index is -0.411. The van der Waals surface area contributed by atoms with E-state index in [9.17, 15) is 4.79 Å². The average Bonchev–Trinajstić information content (AvgIpc) is 2.63. The zero-order valence-electron chi connectivity index (χ0n) is 11.3. The molecule has 0 aliphatic rings. The summed E-state index contributed by atoms with van der Waals surface area (Å²) in [6.07, 6.45) is 0.822. The molecule has 1 aromatic heterocycles. The van der Waals surface area contributed by atoms with Crippen LogP contribution < -0.4 is 11.1 Å². The molecular formula is C12H22ClN3O2. The van der Waals surface area contributed by atoms with Crippen LogP contribution in [0.25, 0.3) is 0 Å². The maximum absolute atomic E-state index is 11.9. The van der Waals surface area contributed by atoms with E-state index in [-0.39, 0.29) is 24.1 Å². The Morgan fingerprint density at radius 3 is 2.61 bits per heavy atom. The number of aryl methyl sites for hydroxylation is 1. The minimum absolute atomic E-state index is 0. The van der Waals surface area contributed by atoms with Crippen LogP contribution >= 0.6 is 12.4 Å². The minimum Gasteiger partial charge on any atom is -0.351 e. The second-order valence-corrected chi connectivity index (χ2v) is 5.15. The first kappa shape index (κ1) is 16.9. The third-order valence-corrected chi connectivity index (χ3v) is 2.58. The van der Waals surface area contributed by atoms with Gasteiger partial charge in [-0.15, -0.1) is 12.4 Å². The Morgan fingerprint density at radius 2 is 2.22 bits per heavy atom. The number of nitrogens with one attached hydrogen (secondary N) is 1. The van der Waals surface area contributed by atoms with Crippen LogP contribution in [0.4, 0.5) is 0 Å². The van der Waals surface area contributed by atoms with Crippen LogP contribution in [0, 0.1) is 12.8 Å². The Morgan fingerprint density at radius 1 is 1.61 bits per heavy atom. The fraction of sp³-hybridized carbons (Fsp3) is 0.667. The third kappa shape index (κ3) is 4.66. The van der Waals surface area contributed by atoms with E-state index < -0.39 is 5.54 Å². The smallest absolute Gasteiger partial charge is 0.290 e. The zero-order chi connectivity index (χ0) is 13.1. The maximum atomic E-state index is 11.9. The van der Waals surface area contributed by atoms with Crippen molar-refractivity contribution in [3.8, 4) is 0 Å². The van der Waals surface area contributed by atoms with Crippen LogP contribution in [0.3, 0.4) is 0 Å². The molecule has 0 bridgehead atoms. The van der Waals surface area contributed by atoms with E-state index in [1.165, 1.54) is 0 Å². The molecule has 6 heteroatoms. The van der Waals surface area contributed by atoms with Crippen LogP contribution in [0.2, 0.25) is 0 Å². The maximum Gasteiger partial charge on any atom is 0.290 e. The topological polar surface area (TPSA) is 81.2 Å². The highest BCUT2D eigenvalue weighted by Crippen LogP contribution is 2.16. The van der Waals surface area contributed by atoms with Crippen molar-refractivity contribution in [3.63, 3.8) is 0 Å². The molecule has 0 aromatic carbocycles. The summed E-state index contributed by atoms with van der Waals surface area (Å²) in [4.78, 5) is 11.9. The summed E-state index contributed by atoms with van der Waals surface area (Å²) in [6, 6.07) is 1.61. The van der Waals surface area contributed by atoms with E-state index in [1.807, 2.05) is 6.92 Å². The number of nitrogens with zero attached hydrogens (tertiary/aromatic N) is 1. The monoisotopic (exact) mass is 275 g/mol. The van der Waals surface area contributed by atoms with Gasteiger partial charge in [0.25, 0.3) is 5.91 Å². The van der Waals surface area contributed by atoms with Crippen LogP contribution in [0.5, 0.6) is 0 Å². The SMILES string of the molecule is Cc1cc(C(=O)NC(C)(CN)CC(C)C)on1.Cl. The number of rotatable bonds is 5. The summed E-state index contributed by atoms with van der Waals surface area (Å²) in [5, 5.41) is 6.59. The highest BCUT2D eigenvalue weighted by Gasteiger charge is 2.27. The number of amides is 1. The van der Waals surface area contributed by atoms with E-state index in [0.717, 1.165) is 6.42 Å². The van der Waals surface area contributed by atoms with Gasteiger partial charge in [-0.05, 0) is 26.2 Å². The average molecular weight is 276 g/mol. The first-order chi connectivity index (χ1) is 7.86. The van der Waals surface area contributed by atoms with E-state index in [0.29, 0.717) is 18.2 Å². The summed E-state index contributed by atoms with van der Waals surface area (Å²) >= 11 is 0. The zero-order valence-corrected chi connectivity index (χ0v) is 12.1. The first-order valence-electron chi connectivity index (χ1n) is 5.82. The summed E-state index contributed by atoms with van der Waals surface area (Å²) in [5.41, 5.74) is 6.00. The fourth-order valence-corrected chi connectivity index (χ4v) is 1.89. The van der Waals surface area contributed by atoms with Gasteiger partial charge in [0.05, 0.1) is 11.2 Å². The number of carbonyl (C=O) groups excluding carboxylic acids is 1. The summed E-state index contributed by atoms with van der Waals surface area (Å²) in [7, 11) is 0. The van der Waals surface area contributed by atoms with Crippen molar-refractivity contribution in [1.29, 1.82) is 0 Å². The van der Waals surface area contributed by atoms with Crippen molar-refractivity contribution in [2.24, 2.45) is 11.7 Å². The molecule has 3 N–H and O–H groups in total. The lowest BCUT2D eigenvalue weighted by Crippen LogP contribution is -2.52. The lowest BCUT2D eigenvalue weighted by molar-refractivity contribution is 0.0860. The molecule has 18 heavy (non-hydrogen) atoms. The predicted octanol–water partition coefficient (Wildman–Crippen LogP) is 1.90. The molecule has 5 nitrogen and oxygen atoms in total. The van der Waals surface area contributed by atoms with Crippen molar-refractivity contribution in [2.75, 3.05) is 6.54 Å². The predicted molar refractivity (Wildman–Crippen MR) is 72.9 cm³/mol. The largest absolute Gasteiger partial charge is 0.351 e. The molecule has 0 aliphatic heterocycles. The first-order valence-corrected chi connectivity index (χ1v) is 5.82. The number of halogens is 1. The molecule has 1 aromatic rings.